The molecule has 0 unspecified atom stereocenters. The first kappa shape index (κ1) is 17.5. The lowest BCUT2D eigenvalue weighted by Crippen LogP contribution is -2.48. The van der Waals surface area contributed by atoms with Crippen LogP contribution in [0.2, 0.25) is 0 Å². The average molecular weight is 361 g/mol. The molecular weight excluding hydrogens is 342 g/mol. The summed E-state index contributed by atoms with van der Waals surface area (Å²) in [5.41, 5.74) is 0.927. The molecule has 1 aliphatic heterocycles. The van der Waals surface area contributed by atoms with Crippen LogP contribution in [0.1, 0.15) is 5.56 Å². The molecule has 132 valence electrons. The van der Waals surface area contributed by atoms with E-state index in [9.17, 15) is 18.5 Å². The molecule has 0 bridgehead atoms. The Kier molecular flexibility index (Phi) is 5.12. The van der Waals surface area contributed by atoms with Gasteiger partial charge < -0.3 is 0 Å². The SMILES string of the molecule is O=[N+]([O-])c1cccc(CN2CCN(S(=O)(=O)c3ccccc3)CC2)c1. The Morgan fingerprint density at radius 1 is 0.960 bits per heavy atom. The first-order valence-corrected chi connectivity index (χ1v) is 9.42. The van der Waals surface area contributed by atoms with Gasteiger partial charge in [-0.3, -0.25) is 15.0 Å². The minimum atomic E-state index is -3.46. The van der Waals surface area contributed by atoms with Crippen LogP contribution in [0.4, 0.5) is 5.69 Å². The van der Waals surface area contributed by atoms with Crippen molar-refractivity contribution in [2.24, 2.45) is 0 Å². The highest BCUT2D eigenvalue weighted by Gasteiger charge is 2.28. The molecule has 0 aromatic heterocycles. The average Bonchev–Trinajstić information content (AvgIpc) is 2.63. The summed E-state index contributed by atoms with van der Waals surface area (Å²) in [4.78, 5) is 12.9. The monoisotopic (exact) mass is 361 g/mol. The molecule has 25 heavy (non-hydrogen) atoms. The molecule has 0 saturated carbocycles. The Labute approximate surface area is 146 Å². The maximum atomic E-state index is 12.6. The van der Waals surface area contributed by atoms with E-state index < -0.39 is 14.9 Å². The second-order valence-corrected chi connectivity index (χ2v) is 7.86. The molecule has 0 atom stereocenters. The third-order valence-electron chi connectivity index (χ3n) is 4.24. The van der Waals surface area contributed by atoms with E-state index in [-0.39, 0.29) is 5.69 Å². The Morgan fingerprint density at radius 2 is 1.64 bits per heavy atom. The lowest BCUT2D eigenvalue weighted by atomic mass is 10.2. The van der Waals surface area contributed by atoms with Crippen molar-refractivity contribution in [2.75, 3.05) is 26.2 Å². The van der Waals surface area contributed by atoms with E-state index in [1.807, 2.05) is 6.07 Å². The van der Waals surface area contributed by atoms with Crippen molar-refractivity contribution in [3.05, 3.63) is 70.3 Å². The minimum absolute atomic E-state index is 0.0720. The van der Waals surface area contributed by atoms with Gasteiger partial charge in [0.25, 0.3) is 5.69 Å². The molecule has 0 spiro atoms. The van der Waals surface area contributed by atoms with Crippen LogP contribution < -0.4 is 0 Å². The van der Waals surface area contributed by atoms with E-state index >= 15 is 0 Å². The number of nitro groups is 1. The molecule has 0 radical (unpaired) electrons. The van der Waals surface area contributed by atoms with Crippen LogP contribution in [0.3, 0.4) is 0 Å². The first-order valence-electron chi connectivity index (χ1n) is 7.98. The fourth-order valence-electron chi connectivity index (χ4n) is 2.90. The summed E-state index contributed by atoms with van der Waals surface area (Å²) in [5.74, 6) is 0. The van der Waals surface area contributed by atoms with Crippen LogP contribution in [-0.2, 0) is 16.6 Å². The van der Waals surface area contributed by atoms with E-state index in [4.69, 9.17) is 0 Å². The van der Waals surface area contributed by atoms with Gasteiger partial charge in [0.2, 0.25) is 10.0 Å². The quantitative estimate of drug-likeness (QED) is 0.601. The van der Waals surface area contributed by atoms with E-state index in [1.54, 1.807) is 42.5 Å². The fourth-order valence-corrected chi connectivity index (χ4v) is 4.34. The number of sulfonamides is 1. The summed E-state index contributed by atoms with van der Waals surface area (Å²) in [6.07, 6.45) is 0. The third-order valence-corrected chi connectivity index (χ3v) is 6.15. The molecule has 1 aliphatic rings. The van der Waals surface area contributed by atoms with Gasteiger partial charge in [0.1, 0.15) is 0 Å². The molecule has 7 nitrogen and oxygen atoms in total. The number of non-ortho nitro benzene ring substituents is 1. The van der Waals surface area contributed by atoms with Crippen molar-refractivity contribution >= 4 is 15.7 Å². The van der Waals surface area contributed by atoms with Crippen LogP contribution in [0.15, 0.2) is 59.5 Å². The molecular formula is C17H19N3O4S. The number of hydrogen-bond acceptors (Lipinski definition) is 5. The maximum Gasteiger partial charge on any atom is 0.269 e. The van der Waals surface area contributed by atoms with Crippen LogP contribution in [0.25, 0.3) is 0 Å². The van der Waals surface area contributed by atoms with Gasteiger partial charge in [0, 0.05) is 44.9 Å². The first-order chi connectivity index (χ1) is 12.0. The normalized spacial score (nSPS) is 16.6. The summed E-state index contributed by atoms with van der Waals surface area (Å²) >= 11 is 0. The van der Waals surface area contributed by atoms with E-state index in [2.05, 4.69) is 4.90 Å². The molecule has 2 aromatic rings. The van der Waals surface area contributed by atoms with Gasteiger partial charge >= 0.3 is 0 Å². The van der Waals surface area contributed by atoms with Crippen molar-refractivity contribution < 1.29 is 13.3 Å². The van der Waals surface area contributed by atoms with Gasteiger partial charge in [0.05, 0.1) is 9.82 Å². The summed E-state index contributed by atoms with van der Waals surface area (Å²) in [6.45, 7) is 2.57. The van der Waals surface area contributed by atoms with Crippen molar-refractivity contribution in [2.45, 2.75) is 11.4 Å². The third kappa shape index (κ3) is 4.04. The maximum absolute atomic E-state index is 12.6. The predicted molar refractivity (Wildman–Crippen MR) is 93.6 cm³/mol. The second-order valence-electron chi connectivity index (χ2n) is 5.92. The van der Waals surface area contributed by atoms with Gasteiger partial charge in [-0.2, -0.15) is 4.31 Å². The number of benzene rings is 2. The smallest absolute Gasteiger partial charge is 0.269 e. The topological polar surface area (TPSA) is 83.8 Å². The van der Waals surface area contributed by atoms with Crippen LogP contribution in [-0.4, -0.2) is 48.7 Å². The lowest BCUT2D eigenvalue weighted by Gasteiger charge is -2.34. The van der Waals surface area contributed by atoms with Gasteiger partial charge in [-0.25, -0.2) is 8.42 Å². The van der Waals surface area contributed by atoms with Crippen molar-refractivity contribution in [3.63, 3.8) is 0 Å². The molecule has 1 saturated heterocycles. The van der Waals surface area contributed by atoms with Gasteiger partial charge in [0.15, 0.2) is 0 Å². The fraction of sp³-hybridized carbons (Fsp3) is 0.294. The van der Waals surface area contributed by atoms with Crippen molar-refractivity contribution in [3.8, 4) is 0 Å². The Balaban J connectivity index is 1.62. The molecule has 1 heterocycles. The number of piperazine rings is 1. The van der Waals surface area contributed by atoms with Crippen LogP contribution in [0, 0.1) is 10.1 Å². The summed E-state index contributed by atoms with van der Waals surface area (Å²) in [6, 6.07) is 15.0. The van der Waals surface area contributed by atoms with Crippen molar-refractivity contribution in [1.29, 1.82) is 0 Å². The summed E-state index contributed by atoms with van der Waals surface area (Å²) in [7, 11) is -3.46. The number of rotatable bonds is 5. The highest BCUT2D eigenvalue weighted by Crippen LogP contribution is 2.19. The van der Waals surface area contributed by atoms with Crippen LogP contribution >= 0.6 is 0 Å². The molecule has 2 aromatic carbocycles. The molecule has 1 fully saturated rings. The standard InChI is InChI=1S/C17H19N3O4S/c21-20(22)16-6-4-5-15(13-16)14-18-9-11-19(12-10-18)25(23,24)17-7-2-1-3-8-17/h1-8,13H,9-12,14H2. The zero-order valence-electron chi connectivity index (χ0n) is 13.6. The zero-order valence-corrected chi connectivity index (χ0v) is 14.4. The minimum Gasteiger partial charge on any atom is -0.296 e. The predicted octanol–water partition coefficient (Wildman–Crippen LogP) is 2.10. The molecule has 0 aliphatic carbocycles. The Morgan fingerprint density at radius 3 is 2.28 bits per heavy atom. The Bertz CT molecular complexity index is 847. The van der Waals surface area contributed by atoms with Gasteiger partial charge in [-0.15, -0.1) is 0 Å². The molecule has 0 amide bonds. The molecule has 8 heteroatoms. The van der Waals surface area contributed by atoms with E-state index in [0.717, 1.165) is 5.56 Å². The van der Waals surface area contributed by atoms with Crippen molar-refractivity contribution in [1.82, 2.24) is 9.21 Å². The number of hydrogen-bond donors (Lipinski definition) is 0. The zero-order chi connectivity index (χ0) is 17.9. The molecule has 0 N–H and O–H groups in total. The Hall–Kier alpha value is -2.29. The number of nitrogens with zero attached hydrogens (tertiary/aromatic N) is 3. The highest BCUT2D eigenvalue weighted by atomic mass is 32.2. The highest BCUT2D eigenvalue weighted by molar-refractivity contribution is 7.89. The summed E-state index contributed by atoms with van der Waals surface area (Å²) < 4.78 is 26.7. The van der Waals surface area contributed by atoms with E-state index in [1.165, 1.54) is 10.4 Å². The largest absolute Gasteiger partial charge is 0.296 e. The summed E-state index contributed by atoms with van der Waals surface area (Å²) in [5, 5.41) is 10.9. The van der Waals surface area contributed by atoms with Gasteiger partial charge in [-0.05, 0) is 17.7 Å². The second kappa shape index (κ2) is 7.30. The lowest BCUT2D eigenvalue weighted by molar-refractivity contribution is -0.384. The molecule has 3 rings (SSSR count). The van der Waals surface area contributed by atoms with Crippen LogP contribution in [0.5, 0.6) is 0 Å². The van der Waals surface area contributed by atoms with E-state index in [0.29, 0.717) is 37.6 Å². The van der Waals surface area contributed by atoms with Gasteiger partial charge in [-0.1, -0.05) is 30.3 Å². The number of nitro benzene ring substituents is 1.